The summed E-state index contributed by atoms with van der Waals surface area (Å²) in [6.45, 7) is 16.6. The molecule has 2 N–H and O–H groups in total. The summed E-state index contributed by atoms with van der Waals surface area (Å²) < 4.78 is 11.1. The van der Waals surface area contributed by atoms with Gasteiger partial charge in [-0.2, -0.15) is 0 Å². The Morgan fingerprint density at radius 2 is 1.09 bits per heavy atom. The lowest BCUT2D eigenvalue weighted by atomic mass is 9.51. The molecule has 12 atom stereocenters. The molecule has 74 heavy (non-hydrogen) atoms. The van der Waals surface area contributed by atoms with E-state index < -0.39 is 7.12 Å². The van der Waals surface area contributed by atoms with Crippen LogP contribution in [0.5, 0.6) is 0 Å². The van der Waals surface area contributed by atoms with Crippen molar-refractivity contribution in [2.45, 2.75) is 117 Å². The van der Waals surface area contributed by atoms with Crippen LogP contribution in [0.3, 0.4) is 0 Å². The van der Waals surface area contributed by atoms with Crippen LogP contribution < -0.4 is 5.46 Å². The number of fused-ring (bicyclic) bond motifs is 8. The molecule has 8 aliphatic rings. The number of furan rings is 2. The maximum absolute atomic E-state index is 13.0. The van der Waals surface area contributed by atoms with Crippen molar-refractivity contribution in [1.29, 1.82) is 0 Å². The van der Waals surface area contributed by atoms with Crippen molar-refractivity contribution < 1.29 is 38.1 Å². The smallest absolute Gasteiger partial charge is 0.473 e. The van der Waals surface area contributed by atoms with E-state index in [1.165, 1.54) is 55.6 Å². The Hall–Kier alpha value is -5.17. The fourth-order valence-electron chi connectivity index (χ4n) is 16.6. The third kappa shape index (κ3) is 9.48. The molecule has 8 aliphatic carbocycles. The van der Waals surface area contributed by atoms with E-state index in [1.807, 2.05) is 24.3 Å². The van der Waals surface area contributed by atoms with Gasteiger partial charge >= 0.3 is 7.12 Å². The first kappa shape index (κ1) is 52.3. The number of ketones is 4. The lowest BCUT2D eigenvalue weighted by Gasteiger charge is -2.52. The third-order valence-electron chi connectivity index (χ3n) is 19.4. The predicted molar refractivity (Wildman–Crippen MR) is 299 cm³/mol. The van der Waals surface area contributed by atoms with Crippen molar-refractivity contribution in [2.24, 2.45) is 58.2 Å². The van der Waals surface area contributed by atoms with Gasteiger partial charge in [-0.1, -0.05) is 73.5 Å². The molecule has 8 nitrogen and oxygen atoms in total. The highest BCUT2D eigenvalue weighted by Gasteiger charge is 2.62. The van der Waals surface area contributed by atoms with E-state index in [1.54, 1.807) is 37.5 Å². The van der Waals surface area contributed by atoms with Gasteiger partial charge < -0.3 is 18.9 Å². The van der Waals surface area contributed by atoms with E-state index in [4.69, 9.17) is 14.5 Å². The Morgan fingerprint density at radius 1 is 0.635 bits per heavy atom. The SMILES string of the molecule is C=C[C@@H]1CC2C3CCC4=CC(=O)CCC4=C3[C@@H](c3ccc(-c4ccoc4)cc3)C[C@]2(C)C1C(C)=O.C=C[C@@H]1CC2C3CCC4=CC(=O)CCC4=C3[C@@H](c3ccc(I)cc3)C[C@]2(C)C1C(C)=O.OB(O)c1ccoc1. The Kier molecular flexibility index (Phi) is 14.9. The molecule has 4 fully saturated rings. The average Bonchev–Trinajstić information content (AvgIpc) is 4.22. The van der Waals surface area contributed by atoms with Gasteiger partial charge in [0.2, 0.25) is 0 Å². The van der Waals surface area contributed by atoms with Crippen molar-refractivity contribution in [3.05, 3.63) is 171 Å². The number of halogens is 1. The van der Waals surface area contributed by atoms with E-state index in [2.05, 4.69) is 109 Å². The Bertz CT molecular complexity index is 2950. The Morgan fingerprint density at radius 3 is 1.49 bits per heavy atom. The van der Waals surface area contributed by atoms with Crippen molar-refractivity contribution in [3.8, 4) is 11.1 Å². The predicted octanol–water partition coefficient (Wildman–Crippen LogP) is 13.2. The molecule has 2 heterocycles. The summed E-state index contributed by atoms with van der Waals surface area (Å²) in [5.74, 6) is 4.42. The first-order chi connectivity index (χ1) is 35.5. The molecule has 0 amide bonds. The third-order valence-corrected chi connectivity index (χ3v) is 20.1. The van der Waals surface area contributed by atoms with Gasteiger partial charge in [-0.3, -0.25) is 19.2 Å². The minimum Gasteiger partial charge on any atom is -0.473 e. The number of carbonyl (C=O) groups is 4. The fraction of sp³-hybridized carbons (Fsp3) is 0.438. The lowest BCUT2D eigenvalue weighted by molar-refractivity contribution is -0.127. The number of carbonyl (C=O) groups excluding carboxylic acids is 4. The van der Waals surface area contributed by atoms with E-state index in [9.17, 15) is 19.2 Å². The van der Waals surface area contributed by atoms with Crippen LogP contribution in [-0.4, -0.2) is 40.3 Å². The molecular weight excluding hydrogens is 1030 g/mol. The monoisotopic (exact) mass is 1100 g/mol. The average molecular weight is 1100 g/mol. The van der Waals surface area contributed by atoms with Crippen LogP contribution in [0.25, 0.3) is 11.1 Å². The molecule has 0 aliphatic heterocycles. The molecule has 2 aromatic carbocycles. The van der Waals surface area contributed by atoms with Crippen molar-refractivity contribution in [3.63, 3.8) is 0 Å². The van der Waals surface area contributed by atoms with Gasteiger partial charge in [0.25, 0.3) is 0 Å². The fourth-order valence-corrected chi connectivity index (χ4v) is 16.9. The number of allylic oxidation sites excluding steroid dienone is 10. The highest BCUT2D eigenvalue weighted by atomic mass is 127. The van der Waals surface area contributed by atoms with Crippen LogP contribution in [0, 0.1) is 61.7 Å². The molecule has 0 saturated heterocycles. The highest BCUT2D eigenvalue weighted by Crippen LogP contribution is 2.69. The molecule has 4 saturated carbocycles. The Balaban J connectivity index is 0.000000148. The van der Waals surface area contributed by atoms with Crippen LogP contribution in [-0.2, 0) is 19.2 Å². The second kappa shape index (κ2) is 21.1. The molecule has 6 unspecified atom stereocenters. The summed E-state index contributed by atoms with van der Waals surface area (Å²) >= 11 is 2.37. The van der Waals surface area contributed by atoms with Gasteiger partial charge in [0.1, 0.15) is 11.6 Å². The lowest BCUT2D eigenvalue weighted by Crippen LogP contribution is -2.45. The minimum atomic E-state index is -1.41. The van der Waals surface area contributed by atoms with Gasteiger partial charge in [-0.05, 0) is 222 Å². The largest absolute Gasteiger partial charge is 0.491 e. The van der Waals surface area contributed by atoms with Crippen molar-refractivity contribution in [1.82, 2.24) is 0 Å². The van der Waals surface area contributed by atoms with E-state index in [0.29, 0.717) is 59.5 Å². The van der Waals surface area contributed by atoms with Crippen LogP contribution in [0.4, 0.5) is 0 Å². The molecular formula is C64H70BIO8. The zero-order valence-corrected chi connectivity index (χ0v) is 45.5. The summed E-state index contributed by atoms with van der Waals surface area (Å²) in [6, 6.07) is 21.4. The summed E-state index contributed by atoms with van der Waals surface area (Å²) in [5.41, 5.74) is 13.9. The van der Waals surface area contributed by atoms with Crippen molar-refractivity contribution in [2.75, 3.05) is 0 Å². The van der Waals surface area contributed by atoms with Gasteiger partial charge in [0, 0.05) is 51.1 Å². The van der Waals surface area contributed by atoms with Crippen LogP contribution in [0.15, 0.2) is 165 Å². The summed E-state index contributed by atoms with van der Waals surface area (Å²) in [5, 5.41) is 16.8. The number of rotatable bonds is 8. The maximum Gasteiger partial charge on any atom is 0.491 e. The second-order valence-corrected chi connectivity index (χ2v) is 24.5. The quantitative estimate of drug-likeness (QED) is 0.101. The molecule has 2 aromatic heterocycles. The zero-order valence-electron chi connectivity index (χ0n) is 43.4. The number of Topliss-reactive ketones (excluding diaryl/α,β-unsaturated/α-hetero) is 2. The van der Waals surface area contributed by atoms with Crippen LogP contribution >= 0.6 is 22.6 Å². The first-order valence-electron chi connectivity index (χ1n) is 27.0. The standard InChI is InChI=1S/C32H34O3.C28H31IO2.C4H5BO3/c1-4-20-16-29-27-11-9-23-15-25(34)10-12-26(23)30(27)28(17-32(29,3)31(20)19(2)33)22-7-5-21(6-8-22)24-13-14-35-18-24;1-4-17-14-25-23-11-7-19-13-21(31)10-12-22(19)26(23)24(18-5-8-20(29)9-6-18)15-28(25,3)27(17)16(2)30;6-5(7)4-1-2-8-3-4/h4-8,13-15,18,20,27-29,31H,1,9-12,16-17H2,2-3H3;4-6,8-9,13,17,23-25,27H,1,7,10-12,14-15H2,2-3H3;1-3,6-7H/t20-,27?,28-,29?,31?,32+;17-,23?,24-,25?,27?,28+;/m11./s1. The van der Waals surface area contributed by atoms with E-state index >= 15 is 0 Å². The number of hydrogen-bond acceptors (Lipinski definition) is 8. The molecule has 0 bridgehead atoms. The molecule has 12 rings (SSSR count). The number of hydrogen-bond donors (Lipinski definition) is 2. The summed E-state index contributed by atoms with van der Waals surface area (Å²) in [6.07, 6.45) is 25.4. The summed E-state index contributed by atoms with van der Waals surface area (Å²) in [4.78, 5) is 50.3. The van der Waals surface area contributed by atoms with E-state index in [0.717, 1.165) is 75.3 Å². The Labute approximate surface area is 450 Å². The zero-order chi connectivity index (χ0) is 52.2. The minimum absolute atomic E-state index is 0.00121. The second-order valence-electron chi connectivity index (χ2n) is 23.2. The van der Waals surface area contributed by atoms with Gasteiger partial charge in [-0.15, -0.1) is 13.2 Å². The highest BCUT2D eigenvalue weighted by molar-refractivity contribution is 14.1. The van der Waals surface area contributed by atoms with Crippen LogP contribution in [0.1, 0.15) is 128 Å². The maximum atomic E-state index is 13.0. The normalized spacial score (nSPS) is 32.6. The van der Waals surface area contributed by atoms with Gasteiger partial charge in [0.15, 0.2) is 11.6 Å². The topological polar surface area (TPSA) is 135 Å². The van der Waals surface area contributed by atoms with Crippen molar-refractivity contribution >= 4 is 58.3 Å². The molecule has 10 heteroatoms. The van der Waals surface area contributed by atoms with Crippen LogP contribution in [0.2, 0.25) is 0 Å². The summed E-state index contributed by atoms with van der Waals surface area (Å²) in [7, 11) is -1.41. The molecule has 4 aromatic rings. The molecule has 0 radical (unpaired) electrons. The number of benzene rings is 2. The molecule has 0 spiro atoms. The van der Waals surface area contributed by atoms with Gasteiger partial charge in [-0.25, -0.2) is 0 Å². The first-order valence-corrected chi connectivity index (χ1v) is 28.1. The van der Waals surface area contributed by atoms with Gasteiger partial charge in [0.05, 0.1) is 25.1 Å². The van der Waals surface area contributed by atoms with E-state index in [-0.39, 0.29) is 52.0 Å². The molecule has 384 valence electrons.